The van der Waals surface area contributed by atoms with Crippen molar-refractivity contribution in [2.75, 3.05) is 5.32 Å². The molecule has 3 N–H and O–H groups in total. The standard InChI is InChI=1S/C16H15NO4/c1-10-3-2-4-12(7-10)16(21)17-13-8-11(9-15(19)20)5-6-14(13)18/h2-8,18H,9H2,1H3,(H,17,21)(H,19,20). The second-order valence-electron chi connectivity index (χ2n) is 4.75. The van der Waals surface area contributed by atoms with Gasteiger partial charge < -0.3 is 15.5 Å². The predicted molar refractivity (Wildman–Crippen MR) is 78.6 cm³/mol. The minimum atomic E-state index is -0.975. The maximum absolute atomic E-state index is 12.1. The lowest BCUT2D eigenvalue weighted by atomic mass is 10.1. The third kappa shape index (κ3) is 3.82. The summed E-state index contributed by atoms with van der Waals surface area (Å²) in [6.45, 7) is 1.88. The Balaban J connectivity index is 2.22. The van der Waals surface area contributed by atoms with Crippen molar-refractivity contribution in [3.63, 3.8) is 0 Å². The molecule has 0 heterocycles. The number of aromatic hydroxyl groups is 1. The fourth-order valence-corrected chi connectivity index (χ4v) is 1.95. The fraction of sp³-hybridized carbons (Fsp3) is 0.125. The van der Waals surface area contributed by atoms with Crippen molar-refractivity contribution >= 4 is 17.6 Å². The average molecular weight is 285 g/mol. The number of carboxylic acids is 1. The Labute approximate surface area is 121 Å². The highest BCUT2D eigenvalue weighted by molar-refractivity contribution is 6.05. The van der Waals surface area contributed by atoms with Crippen LogP contribution >= 0.6 is 0 Å². The molecular formula is C16H15NO4. The summed E-state index contributed by atoms with van der Waals surface area (Å²) in [7, 11) is 0. The third-order valence-corrected chi connectivity index (χ3v) is 2.94. The van der Waals surface area contributed by atoms with E-state index in [0.717, 1.165) is 5.56 Å². The highest BCUT2D eigenvalue weighted by Gasteiger charge is 2.11. The van der Waals surface area contributed by atoms with Gasteiger partial charge in [-0.2, -0.15) is 0 Å². The van der Waals surface area contributed by atoms with Gasteiger partial charge in [0, 0.05) is 5.56 Å². The van der Waals surface area contributed by atoms with E-state index in [1.54, 1.807) is 18.2 Å². The first-order valence-corrected chi connectivity index (χ1v) is 6.37. The van der Waals surface area contributed by atoms with Crippen LogP contribution in [-0.4, -0.2) is 22.1 Å². The molecule has 0 fully saturated rings. The van der Waals surface area contributed by atoms with E-state index < -0.39 is 5.97 Å². The Hall–Kier alpha value is -2.82. The summed E-state index contributed by atoms with van der Waals surface area (Å²) < 4.78 is 0. The van der Waals surface area contributed by atoms with Crippen molar-refractivity contribution in [2.45, 2.75) is 13.3 Å². The summed E-state index contributed by atoms with van der Waals surface area (Å²) in [5, 5.41) is 21.1. The minimum Gasteiger partial charge on any atom is -0.506 e. The lowest BCUT2D eigenvalue weighted by Gasteiger charge is -2.09. The summed E-state index contributed by atoms with van der Waals surface area (Å²) in [6, 6.07) is 11.4. The van der Waals surface area contributed by atoms with Gasteiger partial charge in [0.25, 0.3) is 5.91 Å². The van der Waals surface area contributed by atoms with Gasteiger partial charge in [-0.3, -0.25) is 9.59 Å². The van der Waals surface area contributed by atoms with Crippen LogP contribution in [0.1, 0.15) is 21.5 Å². The van der Waals surface area contributed by atoms with Crippen LogP contribution in [0, 0.1) is 6.92 Å². The van der Waals surface area contributed by atoms with E-state index in [1.807, 2.05) is 13.0 Å². The molecule has 21 heavy (non-hydrogen) atoms. The monoisotopic (exact) mass is 285 g/mol. The van der Waals surface area contributed by atoms with Crippen LogP contribution in [0.2, 0.25) is 0 Å². The van der Waals surface area contributed by atoms with Gasteiger partial charge in [-0.1, -0.05) is 23.8 Å². The van der Waals surface area contributed by atoms with Crippen molar-refractivity contribution in [3.8, 4) is 5.75 Å². The first-order chi connectivity index (χ1) is 9.95. The number of phenolic OH excluding ortho intramolecular Hbond substituents is 1. The van der Waals surface area contributed by atoms with Gasteiger partial charge in [0.2, 0.25) is 0 Å². The van der Waals surface area contributed by atoms with Crippen LogP contribution in [0.4, 0.5) is 5.69 Å². The Morgan fingerprint density at radius 2 is 1.90 bits per heavy atom. The summed E-state index contributed by atoms with van der Waals surface area (Å²) in [4.78, 5) is 22.8. The van der Waals surface area contributed by atoms with Gasteiger partial charge in [-0.25, -0.2) is 0 Å². The molecule has 2 aromatic carbocycles. The van der Waals surface area contributed by atoms with Crippen LogP contribution in [-0.2, 0) is 11.2 Å². The SMILES string of the molecule is Cc1cccc(C(=O)Nc2cc(CC(=O)O)ccc2O)c1. The Morgan fingerprint density at radius 1 is 1.14 bits per heavy atom. The van der Waals surface area contributed by atoms with Crippen molar-refractivity contribution in [2.24, 2.45) is 0 Å². The molecule has 0 aliphatic heterocycles. The zero-order chi connectivity index (χ0) is 15.4. The number of amides is 1. The number of rotatable bonds is 4. The number of hydrogen-bond donors (Lipinski definition) is 3. The number of carbonyl (C=O) groups excluding carboxylic acids is 1. The van der Waals surface area contributed by atoms with Gasteiger partial charge in [-0.15, -0.1) is 0 Å². The number of carboxylic acid groups (broad SMARTS) is 1. The van der Waals surface area contributed by atoms with Crippen molar-refractivity contribution in [3.05, 3.63) is 59.2 Å². The Kier molecular flexibility index (Phi) is 4.23. The zero-order valence-electron chi connectivity index (χ0n) is 11.5. The molecule has 0 aliphatic carbocycles. The van der Waals surface area contributed by atoms with Gasteiger partial charge in [0.1, 0.15) is 5.75 Å². The van der Waals surface area contributed by atoms with E-state index in [2.05, 4.69) is 5.32 Å². The molecule has 5 heteroatoms. The van der Waals surface area contributed by atoms with Gasteiger partial charge >= 0.3 is 5.97 Å². The number of benzene rings is 2. The summed E-state index contributed by atoms with van der Waals surface area (Å²) in [5.74, 6) is -1.44. The molecule has 2 aromatic rings. The second kappa shape index (κ2) is 6.09. The molecule has 0 spiro atoms. The molecule has 5 nitrogen and oxygen atoms in total. The smallest absolute Gasteiger partial charge is 0.307 e. The highest BCUT2D eigenvalue weighted by Crippen LogP contribution is 2.25. The lowest BCUT2D eigenvalue weighted by molar-refractivity contribution is -0.136. The topological polar surface area (TPSA) is 86.6 Å². The molecule has 0 unspecified atom stereocenters. The number of phenols is 1. The van der Waals surface area contributed by atoms with E-state index in [1.165, 1.54) is 18.2 Å². The number of hydrogen-bond acceptors (Lipinski definition) is 3. The minimum absolute atomic E-state index is 0.106. The van der Waals surface area contributed by atoms with E-state index in [4.69, 9.17) is 5.11 Å². The summed E-state index contributed by atoms with van der Waals surface area (Å²) >= 11 is 0. The maximum atomic E-state index is 12.1. The molecule has 1 amide bonds. The van der Waals surface area contributed by atoms with E-state index in [9.17, 15) is 14.7 Å². The lowest BCUT2D eigenvalue weighted by Crippen LogP contribution is -2.12. The van der Waals surface area contributed by atoms with Crippen LogP contribution in [0.25, 0.3) is 0 Å². The van der Waals surface area contributed by atoms with Crippen LogP contribution < -0.4 is 5.32 Å². The van der Waals surface area contributed by atoms with Crippen molar-refractivity contribution in [1.82, 2.24) is 0 Å². The van der Waals surface area contributed by atoms with Crippen molar-refractivity contribution in [1.29, 1.82) is 0 Å². The van der Waals surface area contributed by atoms with E-state index in [-0.39, 0.29) is 23.8 Å². The number of aryl methyl sites for hydroxylation is 1. The zero-order valence-corrected chi connectivity index (χ0v) is 11.5. The van der Waals surface area contributed by atoms with Gasteiger partial charge in [0.05, 0.1) is 12.1 Å². The summed E-state index contributed by atoms with van der Waals surface area (Å²) in [5.41, 5.74) is 2.12. The summed E-state index contributed by atoms with van der Waals surface area (Å²) in [6.07, 6.45) is -0.173. The average Bonchev–Trinajstić information content (AvgIpc) is 2.42. The van der Waals surface area contributed by atoms with E-state index in [0.29, 0.717) is 11.1 Å². The van der Waals surface area contributed by atoms with Crippen LogP contribution in [0.15, 0.2) is 42.5 Å². The highest BCUT2D eigenvalue weighted by atomic mass is 16.4. The first kappa shape index (κ1) is 14.6. The number of nitrogens with one attached hydrogen (secondary N) is 1. The molecular weight excluding hydrogens is 270 g/mol. The third-order valence-electron chi connectivity index (χ3n) is 2.94. The van der Waals surface area contributed by atoms with Gasteiger partial charge in [0.15, 0.2) is 0 Å². The molecule has 0 aliphatic rings. The molecule has 0 saturated heterocycles. The van der Waals surface area contributed by atoms with E-state index >= 15 is 0 Å². The van der Waals surface area contributed by atoms with Gasteiger partial charge in [-0.05, 0) is 36.8 Å². The Bertz CT molecular complexity index is 694. The second-order valence-corrected chi connectivity index (χ2v) is 4.75. The maximum Gasteiger partial charge on any atom is 0.307 e. The molecule has 0 aromatic heterocycles. The number of anilines is 1. The van der Waals surface area contributed by atoms with Crippen molar-refractivity contribution < 1.29 is 19.8 Å². The fourth-order valence-electron chi connectivity index (χ4n) is 1.95. The Morgan fingerprint density at radius 3 is 2.57 bits per heavy atom. The predicted octanol–water partition coefficient (Wildman–Crippen LogP) is 2.58. The molecule has 0 atom stereocenters. The van der Waals surface area contributed by atoms with Crippen LogP contribution in [0.5, 0.6) is 5.75 Å². The largest absolute Gasteiger partial charge is 0.506 e. The first-order valence-electron chi connectivity index (χ1n) is 6.37. The quantitative estimate of drug-likeness (QED) is 0.753. The number of carbonyl (C=O) groups is 2. The molecule has 0 saturated carbocycles. The molecule has 0 bridgehead atoms. The molecule has 2 rings (SSSR count). The molecule has 0 radical (unpaired) electrons. The van der Waals surface area contributed by atoms with Crippen LogP contribution in [0.3, 0.4) is 0 Å². The molecule has 108 valence electrons. The normalized spacial score (nSPS) is 10.1. The number of aliphatic carboxylic acids is 1.